The van der Waals surface area contributed by atoms with E-state index in [1.807, 2.05) is 10.7 Å². The number of carbonyl (C=O) groups is 1. The minimum Gasteiger partial charge on any atom is -0.311 e. The molecule has 0 aliphatic heterocycles. The number of amides is 1. The van der Waals surface area contributed by atoms with Crippen LogP contribution in [0.3, 0.4) is 0 Å². The van der Waals surface area contributed by atoms with Crippen LogP contribution in [0.2, 0.25) is 0 Å². The molecule has 1 aliphatic rings. The minimum atomic E-state index is -0.243. The molecule has 1 N–H and O–H groups in total. The molecule has 1 aromatic heterocycles. The van der Waals surface area contributed by atoms with E-state index in [4.69, 9.17) is 0 Å². The maximum Gasteiger partial charge on any atom is 0.226 e. The molecule has 1 aliphatic carbocycles. The maximum absolute atomic E-state index is 12.9. The molecule has 1 saturated carbocycles. The van der Waals surface area contributed by atoms with E-state index >= 15 is 0 Å². The molecule has 0 bridgehead atoms. The van der Waals surface area contributed by atoms with Crippen LogP contribution in [0.5, 0.6) is 0 Å². The SMILES string of the molecule is O=C(CCSc1ccc(F)cc1)Nc1ccnn1C1CCCCC1. The molecule has 6 heteroatoms. The Hall–Kier alpha value is -1.82. The number of hydrogen-bond donors (Lipinski definition) is 1. The van der Waals surface area contributed by atoms with Crippen molar-refractivity contribution in [2.75, 3.05) is 11.1 Å². The summed E-state index contributed by atoms with van der Waals surface area (Å²) in [6, 6.07) is 8.60. The predicted octanol–water partition coefficient (Wildman–Crippen LogP) is 4.65. The van der Waals surface area contributed by atoms with Gasteiger partial charge in [-0.05, 0) is 37.1 Å². The smallest absolute Gasteiger partial charge is 0.226 e. The number of nitrogens with zero attached hydrogens (tertiary/aromatic N) is 2. The molecule has 4 nitrogen and oxygen atoms in total. The Morgan fingerprint density at radius 2 is 1.96 bits per heavy atom. The van der Waals surface area contributed by atoms with Gasteiger partial charge in [0.25, 0.3) is 0 Å². The Bertz CT molecular complexity index is 665. The Labute approximate surface area is 145 Å². The third-order valence-electron chi connectivity index (χ3n) is 4.27. The molecular weight excluding hydrogens is 325 g/mol. The van der Waals surface area contributed by atoms with E-state index in [0.29, 0.717) is 18.2 Å². The van der Waals surface area contributed by atoms with Gasteiger partial charge in [-0.3, -0.25) is 4.79 Å². The van der Waals surface area contributed by atoms with Crippen molar-refractivity contribution in [2.24, 2.45) is 0 Å². The second-order valence-corrected chi connectivity index (χ2v) is 7.22. The Morgan fingerprint density at radius 3 is 2.71 bits per heavy atom. The van der Waals surface area contributed by atoms with Gasteiger partial charge >= 0.3 is 0 Å². The van der Waals surface area contributed by atoms with Crippen molar-refractivity contribution in [3.8, 4) is 0 Å². The highest BCUT2D eigenvalue weighted by Crippen LogP contribution is 2.30. The van der Waals surface area contributed by atoms with Gasteiger partial charge in [-0.1, -0.05) is 19.3 Å². The van der Waals surface area contributed by atoms with E-state index in [0.717, 1.165) is 23.6 Å². The van der Waals surface area contributed by atoms with Crippen molar-refractivity contribution < 1.29 is 9.18 Å². The molecule has 0 saturated heterocycles. The molecule has 0 atom stereocenters. The largest absolute Gasteiger partial charge is 0.311 e. The molecule has 0 radical (unpaired) electrons. The monoisotopic (exact) mass is 347 g/mol. The highest BCUT2D eigenvalue weighted by molar-refractivity contribution is 7.99. The van der Waals surface area contributed by atoms with E-state index in [1.54, 1.807) is 30.1 Å². The topological polar surface area (TPSA) is 46.9 Å². The van der Waals surface area contributed by atoms with Crippen LogP contribution in [-0.4, -0.2) is 21.4 Å². The minimum absolute atomic E-state index is 0.0119. The number of halogens is 1. The summed E-state index contributed by atoms with van der Waals surface area (Å²) in [6.45, 7) is 0. The van der Waals surface area contributed by atoms with Gasteiger partial charge in [0.15, 0.2) is 0 Å². The van der Waals surface area contributed by atoms with Crippen molar-refractivity contribution >= 4 is 23.5 Å². The quantitative estimate of drug-likeness (QED) is 0.774. The average molecular weight is 347 g/mol. The van der Waals surface area contributed by atoms with Crippen molar-refractivity contribution in [3.63, 3.8) is 0 Å². The van der Waals surface area contributed by atoms with Gasteiger partial charge in [-0.25, -0.2) is 9.07 Å². The summed E-state index contributed by atoms with van der Waals surface area (Å²) in [4.78, 5) is 13.1. The summed E-state index contributed by atoms with van der Waals surface area (Å²) in [5, 5.41) is 7.36. The Kier molecular flexibility index (Phi) is 5.91. The third kappa shape index (κ3) is 4.60. The highest BCUT2D eigenvalue weighted by Gasteiger charge is 2.19. The molecule has 3 rings (SSSR count). The van der Waals surface area contributed by atoms with E-state index in [2.05, 4.69) is 10.4 Å². The van der Waals surface area contributed by atoms with Gasteiger partial charge in [-0.15, -0.1) is 11.8 Å². The van der Waals surface area contributed by atoms with Crippen LogP contribution in [0.4, 0.5) is 10.2 Å². The first-order chi connectivity index (χ1) is 11.7. The molecule has 1 aromatic carbocycles. The molecule has 0 spiro atoms. The van der Waals surface area contributed by atoms with Crippen molar-refractivity contribution in [1.82, 2.24) is 9.78 Å². The van der Waals surface area contributed by atoms with Crippen LogP contribution in [0.25, 0.3) is 0 Å². The summed E-state index contributed by atoms with van der Waals surface area (Å²) >= 11 is 1.55. The number of nitrogens with one attached hydrogen (secondary N) is 1. The summed E-state index contributed by atoms with van der Waals surface area (Å²) < 4.78 is 14.8. The summed E-state index contributed by atoms with van der Waals surface area (Å²) in [7, 11) is 0. The molecule has 2 aromatic rings. The summed E-state index contributed by atoms with van der Waals surface area (Å²) in [6.07, 6.45) is 8.17. The van der Waals surface area contributed by atoms with Gasteiger partial charge in [0.2, 0.25) is 5.91 Å². The van der Waals surface area contributed by atoms with Gasteiger partial charge in [-0.2, -0.15) is 5.10 Å². The van der Waals surface area contributed by atoms with Crippen molar-refractivity contribution in [3.05, 3.63) is 42.3 Å². The second kappa shape index (κ2) is 8.33. The van der Waals surface area contributed by atoms with Crippen LogP contribution >= 0.6 is 11.8 Å². The zero-order chi connectivity index (χ0) is 16.8. The van der Waals surface area contributed by atoms with Crippen LogP contribution in [-0.2, 0) is 4.79 Å². The predicted molar refractivity (Wildman–Crippen MR) is 94.7 cm³/mol. The van der Waals surface area contributed by atoms with Crippen molar-refractivity contribution in [1.29, 1.82) is 0 Å². The normalized spacial score (nSPS) is 15.4. The number of hydrogen-bond acceptors (Lipinski definition) is 3. The number of rotatable bonds is 6. The standard InChI is InChI=1S/C18H22FN3OS/c19-14-6-8-16(9-7-14)24-13-11-18(23)21-17-10-12-20-22(17)15-4-2-1-3-5-15/h6-10,12,15H,1-5,11,13H2,(H,21,23). The average Bonchev–Trinajstić information content (AvgIpc) is 3.05. The fourth-order valence-electron chi connectivity index (χ4n) is 3.03. The summed E-state index contributed by atoms with van der Waals surface area (Å²) in [5.74, 6) is 1.20. The van der Waals surface area contributed by atoms with E-state index < -0.39 is 0 Å². The zero-order valence-electron chi connectivity index (χ0n) is 13.6. The van der Waals surface area contributed by atoms with Gasteiger partial charge in [0, 0.05) is 23.1 Å². The third-order valence-corrected chi connectivity index (χ3v) is 5.28. The fourth-order valence-corrected chi connectivity index (χ4v) is 3.88. The molecule has 0 unspecified atom stereocenters. The fraction of sp³-hybridized carbons (Fsp3) is 0.444. The Balaban J connectivity index is 1.48. The number of benzene rings is 1. The Morgan fingerprint density at radius 1 is 1.21 bits per heavy atom. The number of thioether (sulfide) groups is 1. The molecule has 1 heterocycles. The molecular formula is C18H22FN3OS. The molecule has 1 fully saturated rings. The second-order valence-electron chi connectivity index (χ2n) is 6.05. The molecule has 128 valence electrons. The lowest BCUT2D eigenvalue weighted by molar-refractivity contribution is -0.115. The zero-order valence-corrected chi connectivity index (χ0v) is 14.4. The van der Waals surface area contributed by atoms with E-state index in [1.165, 1.54) is 31.4 Å². The lowest BCUT2D eigenvalue weighted by Crippen LogP contribution is -2.20. The summed E-state index contributed by atoms with van der Waals surface area (Å²) in [5.41, 5.74) is 0. The van der Waals surface area contributed by atoms with Gasteiger partial charge in [0.05, 0.1) is 12.2 Å². The van der Waals surface area contributed by atoms with E-state index in [-0.39, 0.29) is 11.7 Å². The first-order valence-electron chi connectivity index (χ1n) is 8.44. The van der Waals surface area contributed by atoms with Crippen LogP contribution in [0.1, 0.15) is 44.6 Å². The van der Waals surface area contributed by atoms with Crippen LogP contribution in [0.15, 0.2) is 41.4 Å². The highest BCUT2D eigenvalue weighted by atomic mass is 32.2. The first kappa shape index (κ1) is 17.0. The van der Waals surface area contributed by atoms with Crippen LogP contribution < -0.4 is 5.32 Å². The number of aromatic nitrogens is 2. The first-order valence-corrected chi connectivity index (χ1v) is 9.42. The van der Waals surface area contributed by atoms with E-state index in [9.17, 15) is 9.18 Å². The lowest BCUT2D eigenvalue weighted by Gasteiger charge is -2.23. The van der Waals surface area contributed by atoms with Crippen LogP contribution in [0, 0.1) is 5.82 Å². The lowest BCUT2D eigenvalue weighted by atomic mass is 9.96. The number of carbonyl (C=O) groups excluding carboxylic acids is 1. The maximum atomic E-state index is 12.9. The molecule has 24 heavy (non-hydrogen) atoms. The van der Waals surface area contributed by atoms with Gasteiger partial charge in [0.1, 0.15) is 11.6 Å². The number of anilines is 1. The molecule has 1 amide bonds. The van der Waals surface area contributed by atoms with Gasteiger partial charge < -0.3 is 5.32 Å². The van der Waals surface area contributed by atoms with Crippen molar-refractivity contribution in [2.45, 2.75) is 49.5 Å².